The van der Waals surface area contributed by atoms with Crippen LogP contribution in [0, 0.1) is 0 Å². The van der Waals surface area contributed by atoms with Crippen LogP contribution in [0.2, 0.25) is 0 Å². The van der Waals surface area contributed by atoms with Gasteiger partial charge in [0.2, 0.25) is 10.0 Å². The van der Waals surface area contributed by atoms with E-state index in [1.54, 1.807) is 47.0 Å². The number of anilines is 1. The molecule has 0 spiro atoms. The van der Waals surface area contributed by atoms with Crippen LogP contribution in [0.25, 0.3) is 10.2 Å². The lowest BCUT2D eigenvalue weighted by Crippen LogP contribution is -2.48. The maximum atomic E-state index is 13.0. The third kappa shape index (κ3) is 4.49. The number of piperidine rings is 1. The summed E-state index contributed by atoms with van der Waals surface area (Å²) in [6.45, 7) is 3.71. The number of methoxy groups -OCH3 is 1. The Hall–Kier alpha value is -2.69. The van der Waals surface area contributed by atoms with Crippen LogP contribution in [0.5, 0.6) is 5.75 Å². The van der Waals surface area contributed by atoms with Gasteiger partial charge in [-0.3, -0.25) is 4.79 Å². The van der Waals surface area contributed by atoms with Crippen molar-refractivity contribution < 1.29 is 17.9 Å². The molecule has 180 valence electrons. The lowest BCUT2D eigenvalue weighted by Gasteiger charge is -2.34. The van der Waals surface area contributed by atoms with E-state index in [4.69, 9.17) is 9.72 Å². The van der Waals surface area contributed by atoms with Gasteiger partial charge in [-0.25, -0.2) is 13.4 Å². The highest BCUT2D eigenvalue weighted by Crippen LogP contribution is 2.32. The molecule has 10 heteroatoms. The number of hydrogen-bond acceptors (Lipinski definition) is 7. The molecular weight excluding hydrogens is 472 g/mol. The summed E-state index contributed by atoms with van der Waals surface area (Å²) in [6.07, 6.45) is 2.86. The number of rotatable bonds is 5. The Labute approximate surface area is 203 Å². The van der Waals surface area contributed by atoms with Crippen molar-refractivity contribution >= 4 is 42.6 Å². The number of benzene rings is 2. The fraction of sp³-hybridized carbons (Fsp3) is 0.417. The first-order chi connectivity index (χ1) is 16.5. The molecule has 5 rings (SSSR count). The van der Waals surface area contributed by atoms with Gasteiger partial charge in [0.1, 0.15) is 5.75 Å². The van der Waals surface area contributed by atoms with E-state index in [1.165, 1.54) is 0 Å². The molecule has 0 unspecified atom stereocenters. The molecule has 1 amide bonds. The van der Waals surface area contributed by atoms with Crippen LogP contribution in [-0.4, -0.2) is 74.9 Å². The summed E-state index contributed by atoms with van der Waals surface area (Å²) in [7, 11) is -1.84. The minimum atomic E-state index is -3.49. The molecule has 0 radical (unpaired) electrons. The predicted octanol–water partition coefficient (Wildman–Crippen LogP) is 3.44. The second-order valence-electron chi connectivity index (χ2n) is 8.60. The van der Waals surface area contributed by atoms with E-state index in [0.717, 1.165) is 40.4 Å². The summed E-state index contributed by atoms with van der Waals surface area (Å²) in [5.41, 5.74) is 1.46. The largest absolute Gasteiger partial charge is 0.497 e. The zero-order valence-electron chi connectivity index (χ0n) is 19.1. The Kier molecular flexibility index (Phi) is 6.46. The normalized spacial score (nSPS) is 17.8. The third-order valence-corrected chi connectivity index (χ3v) is 9.47. The summed E-state index contributed by atoms with van der Waals surface area (Å²) < 4.78 is 33.6. The van der Waals surface area contributed by atoms with Crippen LogP contribution >= 0.6 is 11.3 Å². The van der Waals surface area contributed by atoms with Gasteiger partial charge in [-0.1, -0.05) is 17.8 Å². The average Bonchev–Trinajstić information content (AvgIpc) is 3.32. The number of carbonyl (C=O) groups is 1. The first kappa shape index (κ1) is 23.1. The van der Waals surface area contributed by atoms with Gasteiger partial charge >= 0.3 is 0 Å². The van der Waals surface area contributed by atoms with E-state index < -0.39 is 10.0 Å². The molecule has 1 aromatic heterocycles. The number of ether oxygens (including phenoxy) is 1. The zero-order chi connectivity index (χ0) is 23.7. The van der Waals surface area contributed by atoms with Crippen LogP contribution in [0.15, 0.2) is 47.4 Å². The Morgan fingerprint density at radius 3 is 2.32 bits per heavy atom. The average molecular weight is 501 g/mol. The molecular formula is C24H28N4O4S2. The molecule has 2 aromatic carbocycles. The minimum Gasteiger partial charge on any atom is -0.497 e. The number of nitrogens with zero attached hydrogens (tertiary/aromatic N) is 4. The highest BCUT2D eigenvalue weighted by atomic mass is 32.2. The van der Waals surface area contributed by atoms with Gasteiger partial charge in [-0.2, -0.15) is 4.31 Å². The lowest BCUT2D eigenvalue weighted by molar-refractivity contribution is 0.0746. The number of amides is 1. The maximum absolute atomic E-state index is 13.0. The Bertz CT molecular complexity index is 1280. The van der Waals surface area contributed by atoms with Gasteiger partial charge in [0.25, 0.3) is 5.91 Å². The highest BCUT2D eigenvalue weighted by Gasteiger charge is 2.27. The second kappa shape index (κ2) is 9.52. The van der Waals surface area contributed by atoms with Crippen molar-refractivity contribution in [2.45, 2.75) is 24.2 Å². The highest BCUT2D eigenvalue weighted by molar-refractivity contribution is 7.89. The van der Waals surface area contributed by atoms with Crippen molar-refractivity contribution in [2.24, 2.45) is 0 Å². The van der Waals surface area contributed by atoms with Crippen molar-refractivity contribution in [1.29, 1.82) is 0 Å². The third-order valence-electron chi connectivity index (χ3n) is 6.48. The van der Waals surface area contributed by atoms with Gasteiger partial charge < -0.3 is 14.5 Å². The van der Waals surface area contributed by atoms with Gasteiger partial charge in [-0.05, 0) is 55.3 Å². The molecule has 2 aliphatic heterocycles. The van der Waals surface area contributed by atoms with Gasteiger partial charge in [0.05, 0.1) is 22.2 Å². The van der Waals surface area contributed by atoms with Crippen molar-refractivity contribution in [3.05, 3.63) is 48.0 Å². The number of piperazine rings is 1. The molecule has 2 aliphatic rings. The molecule has 0 saturated carbocycles. The number of aromatic nitrogens is 1. The first-order valence-corrected chi connectivity index (χ1v) is 13.8. The summed E-state index contributed by atoms with van der Waals surface area (Å²) in [5.74, 6) is 0.739. The molecule has 0 aliphatic carbocycles. The summed E-state index contributed by atoms with van der Waals surface area (Å²) in [6, 6.07) is 12.2. The zero-order valence-corrected chi connectivity index (χ0v) is 20.8. The van der Waals surface area contributed by atoms with Crippen molar-refractivity contribution in [3.63, 3.8) is 0 Å². The fourth-order valence-corrected chi connectivity index (χ4v) is 7.02. The molecule has 0 atom stereocenters. The van der Waals surface area contributed by atoms with Crippen LogP contribution in [0.4, 0.5) is 5.13 Å². The smallest absolute Gasteiger partial charge is 0.253 e. The molecule has 3 aromatic rings. The number of hydrogen-bond donors (Lipinski definition) is 0. The Morgan fingerprint density at radius 2 is 1.65 bits per heavy atom. The minimum absolute atomic E-state index is 0.0735. The topological polar surface area (TPSA) is 83.0 Å². The molecule has 34 heavy (non-hydrogen) atoms. The molecule has 2 fully saturated rings. The number of fused-ring (bicyclic) bond motifs is 1. The van der Waals surface area contributed by atoms with E-state index in [0.29, 0.717) is 44.8 Å². The molecule has 2 saturated heterocycles. The van der Waals surface area contributed by atoms with Crippen molar-refractivity contribution in [2.75, 3.05) is 51.3 Å². The lowest BCUT2D eigenvalue weighted by atomic mass is 10.2. The molecule has 3 heterocycles. The SMILES string of the molecule is COc1ccc2nc(N3CCN(C(=O)c4ccc(S(=O)(=O)N5CCCCC5)cc4)CC3)sc2c1. The van der Waals surface area contributed by atoms with Gasteiger partial charge in [0, 0.05) is 44.8 Å². The van der Waals surface area contributed by atoms with Crippen LogP contribution < -0.4 is 9.64 Å². The predicted molar refractivity (Wildman–Crippen MR) is 133 cm³/mol. The summed E-state index contributed by atoms with van der Waals surface area (Å²) in [5, 5.41) is 0.947. The van der Waals surface area contributed by atoms with E-state index in [2.05, 4.69) is 4.90 Å². The van der Waals surface area contributed by atoms with E-state index >= 15 is 0 Å². The first-order valence-electron chi connectivity index (χ1n) is 11.5. The van der Waals surface area contributed by atoms with E-state index in [-0.39, 0.29) is 10.8 Å². The standard InChI is InChI=1S/C24H28N4O4S2/c1-32-19-7-10-21-22(17-19)33-24(25-21)27-15-13-26(14-16-27)23(29)18-5-8-20(9-6-18)34(30,31)28-11-3-2-4-12-28/h5-10,17H,2-4,11-16H2,1H3. The quantitative estimate of drug-likeness (QED) is 0.534. The van der Waals surface area contributed by atoms with E-state index in [1.807, 2.05) is 23.1 Å². The maximum Gasteiger partial charge on any atom is 0.253 e. The van der Waals surface area contributed by atoms with Crippen LogP contribution in [0.3, 0.4) is 0 Å². The number of carbonyl (C=O) groups excluding carboxylic acids is 1. The van der Waals surface area contributed by atoms with Crippen molar-refractivity contribution in [1.82, 2.24) is 14.2 Å². The van der Waals surface area contributed by atoms with E-state index in [9.17, 15) is 13.2 Å². The summed E-state index contributed by atoms with van der Waals surface area (Å²) >= 11 is 1.63. The fourth-order valence-electron chi connectivity index (χ4n) is 4.46. The van der Waals surface area contributed by atoms with Crippen LogP contribution in [-0.2, 0) is 10.0 Å². The number of sulfonamides is 1. The molecule has 0 N–H and O–H groups in total. The molecule has 8 nitrogen and oxygen atoms in total. The Morgan fingerprint density at radius 1 is 0.941 bits per heavy atom. The summed E-state index contributed by atoms with van der Waals surface area (Å²) in [4.78, 5) is 22.1. The monoisotopic (exact) mass is 500 g/mol. The van der Waals surface area contributed by atoms with Gasteiger partial charge in [-0.15, -0.1) is 0 Å². The van der Waals surface area contributed by atoms with Crippen LogP contribution in [0.1, 0.15) is 29.6 Å². The second-order valence-corrected chi connectivity index (χ2v) is 11.5. The van der Waals surface area contributed by atoms with Crippen molar-refractivity contribution in [3.8, 4) is 5.75 Å². The van der Waals surface area contributed by atoms with Gasteiger partial charge in [0.15, 0.2) is 5.13 Å². The molecule has 0 bridgehead atoms. The Balaban J connectivity index is 1.22. The number of thiazole rings is 1.